The lowest BCUT2D eigenvalue weighted by Gasteiger charge is -2.31. The number of nitro groups is 1. The first-order chi connectivity index (χ1) is 10.8. The second kappa shape index (κ2) is 6.91. The van der Waals surface area contributed by atoms with Gasteiger partial charge in [0.25, 0.3) is 0 Å². The smallest absolute Gasteiger partial charge is 0.311 e. The molecular formula is C17H23N3O3. The third-order valence-corrected chi connectivity index (χ3v) is 3.97. The van der Waals surface area contributed by atoms with E-state index in [1.54, 1.807) is 19.9 Å². The molecule has 0 aliphatic carbocycles. The van der Waals surface area contributed by atoms with E-state index in [9.17, 15) is 15.2 Å². The zero-order valence-corrected chi connectivity index (χ0v) is 13.7. The zero-order valence-electron chi connectivity index (χ0n) is 13.7. The molecule has 6 nitrogen and oxygen atoms in total. The van der Waals surface area contributed by atoms with Gasteiger partial charge in [-0.3, -0.25) is 10.1 Å². The highest BCUT2D eigenvalue weighted by Crippen LogP contribution is 2.33. The Morgan fingerprint density at radius 2 is 2.09 bits per heavy atom. The minimum absolute atomic E-state index is 0.0746. The minimum atomic E-state index is -0.993. The largest absolute Gasteiger partial charge is 0.388 e. The maximum atomic E-state index is 11.4. The summed E-state index contributed by atoms with van der Waals surface area (Å²) >= 11 is 0. The summed E-state index contributed by atoms with van der Waals surface area (Å²) in [6.45, 7) is 5.51. The van der Waals surface area contributed by atoms with Crippen LogP contribution in [0.1, 0.15) is 40.0 Å². The Kier molecular flexibility index (Phi) is 5.15. The Bertz CT molecular complexity index is 695. The topological polar surface area (TPSA) is 88.3 Å². The van der Waals surface area contributed by atoms with Gasteiger partial charge < -0.3 is 10.4 Å². The molecule has 2 aromatic rings. The highest BCUT2D eigenvalue weighted by Gasteiger charge is 2.29. The highest BCUT2D eigenvalue weighted by atomic mass is 16.6. The van der Waals surface area contributed by atoms with Crippen molar-refractivity contribution in [1.29, 1.82) is 0 Å². The number of nitrogens with zero attached hydrogens (tertiary/aromatic N) is 2. The van der Waals surface area contributed by atoms with Crippen LogP contribution in [-0.2, 0) is 0 Å². The Labute approximate surface area is 135 Å². The summed E-state index contributed by atoms with van der Waals surface area (Å²) in [5.41, 5.74) is 0.0387. The quantitative estimate of drug-likeness (QED) is 0.597. The van der Waals surface area contributed by atoms with Crippen LogP contribution >= 0.6 is 0 Å². The fraction of sp³-hybridized carbons (Fsp3) is 0.471. The summed E-state index contributed by atoms with van der Waals surface area (Å²) in [6, 6.07) is 7.00. The van der Waals surface area contributed by atoms with Crippen LogP contribution in [0.4, 0.5) is 11.4 Å². The number of aromatic nitrogens is 1. The molecule has 0 saturated heterocycles. The number of para-hydroxylation sites is 1. The van der Waals surface area contributed by atoms with Crippen LogP contribution in [0.2, 0.25) is 0 Å². The van der Waals surface area contributed by atoms with Gasteiger partial charge in [-0.15, -0.1) is 0 Å². The van der Waals surface area contributed by atoms with Crippen molar-refractivity contribution in [3.63, 3.8) is 0 Å². The summed E-state index contributed by atoms with van der Waals surface area (Å²) in [5.74, 6) is 0. The number of benzene rings is 1. The van der Waals surface area contributed by atoms with Gasteiger partial charge in [-0.25, -0.2) is 4.98 Å². The molecule has 0 aliphatic heterocycles. The molecule has 2 rings (SSSR count). The second-order valence-corrected chi connectivity index (χ2v) is 6.29. The third kappa shape index (κ3) is 3.96. The molecule has 1 heterocycles. The molecule has 0 saturated carbocycles. The van der Waals surface area contributed by atoms with Crippen molar-refractivity contribution < 1.29 is 10.0 Å². The molecule has 0 bridgehead atoms. The summed E-state index contributed by atoms with van der Waals surface area (Å²) in [6.07, 6.45) is 3.92. The Hall–Kier alpha value is -2.21. The van der Waals surface area contributed by atoms with E-state index in [0.29, 0.717) is 16.6 Å². The van der Waals surface area contributed by atoms with Gasteiger partial charge in [-0.2, -0.15) is 0 Å². The van der Waals surface area contributed by atoms with E-state index in [0.717, 1.165) is 19.3 Å². The number of pyridine rings is 1. The molecule has 0 spiro atoms. The SMILES string of the molecule is CCCC[C@@H](Nc1c([N+](=O)[O-])cnc2ccccc12)C(C)(C)O. The molecule has 1 aromatic heterocycles. The average Bonchev–Trinajstić information content (AvgIpc) is 2.49. The van der Waals surface area contributed by atoms with Crippen molar-refractivity contribution in [1.82, 2.24) is 4.98 Å². The van der Waals surface area contributed by atoms with E-state index in [4.69, 9.17) is 0 Å². The van der Waals surface area contributed by atoms with Gasteiger partial charge in [-0.05, 0) is 26.3 Å². The van der Waals surface area contributed by atoms with Crippen LogP contribution in [0, 0.1) is 10.1 Å². The predicted molar refractivity (Wildman–Crippen MR) is 91.6 cm³/mol. The highest BCUT2D eigenvalue weighted by molar-refractivity contribution is 5.95. The van der Waals surface area contributed by atoms with Crippen molar-refractivity contribution in [2.75, 3.05) is 5.32 Å². The summed E-state index contributed by atoms with van der Waals surface area (Å²) < 4.78 is 0. The molecule has 6 heteroatoms. The lowest BCUT2D eigenvalue weighted by molar-refractivity contribution is -0.384. The molecule has 124 valence electrons. The van der Waals surface area contributed by atoms with Gasteiger partial charge >= 0.3 is 5.69 Å². The predicted octanol–water partition coefficient (Wildman–Crippen LogP) is 3.88. The van der Waals surface area contributed by atoms with Crippen LogP contribution in [-0.4, -0.2) is 26.7 Å². The standard InChI is InChI=1S/C17H23N3O3/c1-4-5-10-15(17(2,3)21)19-16-12-8-6-7-9-13(12)18-11-14(16)20(22)23/h6-9,11,15,21H,4-5,10H2,1-3H3,(H,18,19)/t15-/m1/s1. The van der Waals surface area contributed by atoms with E-state index in [-0.39, 0.29) is 11.7 Å². The average molecular weight is 317 g/mol. The lowest BCUT2D eigenvalue weighted by Crippen LogP contribution is -2.42. The maximum absolute atomic E-state index is 11.4. The molecule has 0 aliphatic rings. The van der Waals surface area contributed by atoms with Crippen LogP contribution in [0.25, 0.3) is 10.9 Å². The molecule has 23 heavy (non-hydrogen) atoms. The maximum Gasteiger partial charge on any atom is 0.311 e. The molecule has 2 N–H and O–H groups in total. The third-order valence-electron chi connectivity index (χ3n) is 3.97. The second-order valence-electron chi connectivity index (χ2n) is 6.29. The molecular weight excluding hydrogens is 294 g/mol. The van der Waals surface area contributed by atoms with Crippen LogP contribution in [0.15, 0.2) is 30.5 Å². The van der Waals surface area contributed by atoms with Crippen LogP contribution < -0.4 is 5.32 Å². The van der Waals surface area contributed by atoms with E-state index in [1.165, 1.54) is 6.20 Å². The Morgan fingerprint density at radius 3 is 2.70 bits per heavy atom. The summed E-state index contributed by atoms with van der Waals surface area (Å²) in [5, 5.41) is 25.7. The number of unbranched alkanes of at least 4 members (excludes halogenated alkanes) is 1. The Morgan fingerprint density at radius 1 is 1.39 bits per heavy atom. The molecule has 1 aromatic carbocycles. The van der Waals surface area contributed by atoms with Gasteiger partial charge in [0.2, 0.25) is 0 Å². The van der Waals surface area contributed by atoms with Crippen molar-refractivity contribution in [2.45, 2.75) is 51.7 Å². The minimum Gasteiger partial charge on any atom is -0.388 e. The van der Waals surface area contributed by atoms with E-state index in [2.05, 4.69) is 17.2 Å². The first-order valence-corrected chi connectivity index (χ1v) is 7.85. The van der Waals surface area contributed by atoms with Crippen molar-refractivity contribution in [3.8, 4) is 0 Å². The fourth-order valence-corrected chi connectivity index (χ4v) is 2.61. The van der Waals surface area contributed by atoms with Gasteiger partial charge in [0.05, 0.1) is 22.1 Å². The number of fused-ring (bicyclic) bond motifs is 1. The summed E-state index contributed by atoms with van der Waals surface area (Å²) in [7, 11) is 0. The zero-order chi connectivity index (χ0) is 17.0. The number of nitrogens with one attached hydrogen (secondary N) is 1. The fourth-order valence-electron chi connectivity index (χ4n) is 2.61. The van der Waals surface area contributed by atoms with Crippen LogP contribution in [0.3, 0.4) is 0 Å². The van der Waals surface area contributed by atoms with E-state index < -0.39 is 10.5 Å². The number of rotatable bonds is 7. The molecule has 0 unspecified atom stereocenters. The number of hydrogen-bond donors (Lipinski definition) is 2. The molecule has 0 radical (unpaired) electrons. The monoisotopic (exact) mass is 317 g/mol. The lowest BCUT2D eigenvalue weighted by atomic mass is 9.93. The van der Waals surface area contributed by atoms with E-state index >= 15 is 0 Å². The van der Waals surface area contributed by atoms with Crippen LogP contribution in [0.5, 0.6) is 0 Å². The molecule has 0 amide bonds. The van der Waals surface area contributed by atoms with Gasteiger partial charge in [0.15, 0.2) is 0 Å². The first kappa shape index (κ1) is 17.1. The van der Waals surface area contributed by atoms with Crippen molar-refractivity contribution in [3.05, 3.63) is 40.6 Å². The van der Waals surface area contributed by atoms with Crippen molar-refractivity contribution in [2.24, 2.45) is 0 Å². The first-order valence-electron chi connectivity index (χ1n) is 7.85. The Balaban J connectivity index is 2.50. The number of hydrogen-bond acceptors (Lipinski definition) is 5. The van der Waals surface area contributed by atoms with E-state index in [1.807, 2.05) is 18.2 Å². The van der Waals surface area contributed by atoms with Gasteiger partial charge in [0.1, 0.15) is 11.9 Å². The van der Waals surface area contributed by atoms with Gasteiger partial charge in [0, 0.05) is 5.39 Å². The summed E-state index contributed by atoms with van der Waals surface area (Å²) in [4.78, 5) is 15.1. The normalized spacial score (nSPS) is 13.0. The number of anilines is 1. The van der Waals surface area contributed by atoms with Gasteiger partial charge in [-0.1, -0.05) is 38.0 Å². The molecule has 0 fully saturated rings. The molecule has 1 atom stereocenters. The number of aliphatic hydroxyl groups is 1. The van der Waals surface area contributed by atoms with Crippen molar-refractivity contribution >= 4 is 22.3 Å².